The smallest absolute Gasteiger partial charge is 0.209 e. The highest BCUT2D eigenvalue weighted by Crippen LogP contribution is 2.11. The number of methoxy groups -OCH3 is 1. The first-order chi connectivity index (χ1) is 6.76. The number of ether oxygens (including phenoxy) is 1. The summed E-state index contributed by atoms with van der Waals surface area (Å²) < 4.78 is 5.05. The summed E-state index contributed by atoms with van der Waals surface area (Å²) in [7, 11) is 3.42. The minimum Gasteiger partial charge on any atom is -0.497 e. The molecule has 0 fully saturated rings. The molecule has 0 spiro atoms. The van der Waals surface area contributed by atoms with Crippen LogP contribution in [0.5, 0.6) is 5.75 Å². The molecule has 0 N–H and O–H groups in total. The van der Waals surface area contributed by atoms with Gasteiger partial charge in [0.05, 0.1) is 7.11 Å². The van der Waals surface area contributed by atoms with Crippen LogP contribution in [0.2, 0.25) is 0 Å². The van der Waals surface area contributed by atoms with Crippen LogP contribution < -0.4 is 4.74 Å². The average Bonchev–Trinajstić information content (AvgIpc) is 2.26. The molecule has 0 aliphatic heterocycles. The van der Waals surface area contributed by atoms with E-state index in [4.69, 9.17) is 4.74 Å². The van der Waals surface area contributed by atoms with E-state index in [9.17, 15) is 4.79 Å². The standard InChI is InChI=1S/C11H15NO2/c1-12(9-13)8-7-10-3-5-11(14-2)6-4-10/h3-6,9H,7-8H2,1-2H3. The number of nitrogens with zero attached hydrogens (tertiary/aromatic N) is 1. The molecule has 0 radical (unpaired) electrons. The first-order valence-corrected chi connectivity index (χ1v) is 4.54. The lowest BCUT2D eigenvalue weighted by Crippen LogP contribution is -2.18. The molecule has 14 heavy (non-hydrogen) atoms. The van der Waals surface area contributed by atoms with Gasteiger partial charge in [0.25, 0.3) is 0 Å². The summed E-state index contributed by atoms with van der Waals surface area (Å²) in [6.45, 7) is 0.746. The largest absolute Gasteiger partial charge is 0.497 e. The molecule has 1 amide bonds. The molecule has 0 unspecified atom stereocenters. The summed E-state index contributed by atoms with van der Waals surface area (Å²) in [5.41, 5.74) is 1.21. The number of hydrogen-bond acceptors (Lipinski definition) is 2. The Labute approximate surface area is 84.3 Å². The summed E-state index contributed by atoms with van der Waals surface area (Å²) in [5.74, 6) is 0.859. The number of carbonyl (C=O) groups excluding carboxylic acids is 1. The van der Waals surface area contributed by atoms with Crippen LogP contribution in [0.25, 0.3) is 0 Å². The maximum absolute atomic E-state index is 10.3. The Bertz CT molecular complexity index is 282. The van der Waals surface area contributed by atoms with Crippen molar-refractivity contribution in [3.8, 4) is 5.75 Å². The predicted octanol–water partition coefficient (Wildman–Crippen LogP) is 1.33. The van der Waals surface area contributed by atoms with E-state index < -0.39 is 0 Å². The van der Waals surface area contributed by atoms with Crippen LogP contribution in [-0.4, -0.2) is 32.0 Å². The van der Waals surface area contributed by atoms with Crippen molar-refractivity contribution in [2.45, 2.75) is 6.42 Å². The van der Waals surface area contributed by atoms with Crippen molar-refractivity contribution in [1.82, 2.24) is 4.90 Å². The first kappa shape index (κ1) is 10.6. The van der Waals surface area contributed by atoms with E-state index in [1.54, 1.807) is 19.1 Å². The Morgan fingerprint density at radius 1 is 1.36 bits per heavy atom. The van der Waals surface area contributed by atoms with Gasteiger partial charge in [0.2, 0.25) is 6.41 Å². The van der Waals surface area contributed by atoms with E-state index in [0.29, 0.717) is 0 Å². The number of likely N-dealkylation sites (N-methyl/N-ethyl adjacent to an activating group) is 1. The van der Waals surface area contributed by atoms with Gasteiger partial charge in [-0.05, 0) is 24.1 Å². The van der Waals surface area contributed by atoms with E-state index in [1.165, 1.54) is 5.56 Å². The third kappa shape index (κ3) is 3.09. The summed E-state index contributed by atoms with van der Waals surface area (Å²) >= 11 is 0. The maximum Gasteiger partial charge on any atom is 0.209 e. The van der Waals surface area contributed by atoms with Gasteiger partial charge in [-0.2, -0.15) is 0 Å². The van der Waals surface area contributed by atoms with Crippen molar-refractivity contribution < 1.29 is 9.53 Å². The highest BCUT2D eigenvalue weighted by atomic mass is 16.5. The number of benzene rings is 1. The molecule has 0 atom stereocenters. The van der Waals surface area contributed by atoms with Gasteiger partial charge < -0.3 is 9.64 Å². The lowest BCUT2D eigenvalue weighted by atomic mass is 10.1. The summed E-state index contributed by atoms with van der Waals surface area (Å²) in [5, 5.41) is 0. The van der Waals surface area contributed by atoms with E-state index in [2.05, 4.69) is 0 Å². The average molecular weight is 193 g/mol. The molecular formula is C11H15NO2. The van der Waals surface area contributed by atoms with E-state index >= 15 is 0 Å². The van der Waals surface area contributed by atoms with Crippen LogP contribution in [0.15, 0.2) is 24.3 Å². The summed E-state index contributed by atoms with van der Waals surface area (Å²) in [4.78, 5) is 12.0. The van der Waals surface area contributed by atoms with E-state index in [1.807, 2.05) is 24.3 Å². The van der Waals surface area contributed by atoms with Crippen LogP contribution in [0.1, 0.15) is 5.56 Å². The predicted molar refractivity (Wildman–Crippen MR) is 55.4 cm³/mol. The van der Waals surface area contributed by atoms with Gasteiger partial charge in [-0.1, -0.05) is 12.1 Å². The number of hydrogen-bond donors (Lipinski definition) is 0. The molecule has 1 aromatic carbocycles. The topological polar surface area (TPSA) is 29.5 Å². The zero-order chi connectivity index (χ0) is 10.4. The Morgan fingerprint density at radius 3 is 2.50 bits per heavy atom. The Kier molecular flexibility index (Phi) is 3.98. The van der Waals surface area contributed by atoms with Crippen molar-refractivity contribution in [2.75, 3.05) is 20.7 Å². The van der Waals surface area contributed by atoms with Crippen LogP contribution in [0.3, 0.4) is 0 Å². The molecule has 0 aliphatic rings. The molecule has 0 saturated heterocycles. The quantitative estimate of drug-likeness (QED) is 0.660. The molecule has 0 bridgehead atoms. The second kappa shape index (κ2) is 5.27. The van der Waals surface area contributed by atoms with Crippen LogP contribution >= 0.6 is 0 Å². The van der Waals surface area contributed by atoms with Crippen LogP contribution in [-0.2, 0) is 11.2 Å². The molecule has 0 aromatic heterocycles. The van der Waals surface area contributed by atoms with Crippen molar-refractivity contribution in [2.24, 2.45) is 0 Å². The van der Waals surface area contributed by atoms with Crippen molar-refractivity contribution in [3.63, 3.8) is 0 Å². The molecule has 0 saturated carbocycles. The van der Waals surface area contributed by atoms with Gasteiger partial charge >= 0.3 is 0 Å². The zero-order valence-electron chi connectivity index (χ0n) is 8.56. The van der Waals surface area contributed by atoms with Crippen LogP contribution in [0.4, 0.5) is 0 Å². The monoisotopic (exact) mass is 193 g/mol. The molecule has 1 rings (SSSR count). The number of rotatable bonds is 5. The fraction of sp³-hybridized carbons (Fsp3) is 0.364. The Balaban J connectivity index is 2.47. The lowest BCUT2D eigenvalue weighted by molar-refractivity contribution is -0.116. The van der Waals surface area contributed by atoms with Gasteiger partial charge in [-0.25, -0.2) is 0 Å². The zero-order valence-corrected chi connectivity index (χ0v) is 8.56. The molecular weight excluding hydrogens is 178 g/mol. The van der Waals surface area contributed by atoms with Gasteiger partial charge in [0, 0.05) is 13.6 Å². The second-order valence-electron chi connectivity index (χ2n) is 3.18. The normalized spacial score (nSPS) is 9.57. The summed E-state index contributed by atoms with van der Waals surface area (Å²) in [6.07, 6.45) is 1.71. The molecule has 1 aromatic rings. The molecule has 0 heterocycles. The van der Waals surface area contributed by atoms with Gasteiger partial charge in [-0.15, -0.1) is 0 Å². The van der Waals surface area contributed by atoms with E-state index in [0.717, 1.165) is 25.1 Å². The molecule has 3 heteroatoms. The molecule has 3 nitrogen and oxygen atoms in total. The third-order valence-corrected chi connectivity index (χ3v) is 2.09. The SMILES string of the molecule is COc1ccc(CCN(C)C=O)cc1. The van der Waals surface area contributed by atoms with Crippen molar-refractivity contribution >= 4 is 6.41 Å². The second-order valence-corrected chi connectivity index (χ2v) is 3.18. The van der Waals surface area contributed by atoms with Crippen LogP contribution in [0, 0.1) is 0 Å². The fourth-order valence-corrected chi connectivity index (χ4v) is 1.15. The maximum atomic E-state index is 10.3. The highest BCUT2D eigenvalue weighted by Gasteiger charge is 1.96. The Morgan fingerprint density at radius 2 is 2.00 bits per heavy atom. The van der Waals surface area contributed by atoms with Crippen molar-refractivity contribution in [1.29, 1.82) is 0 Å². The summed E-state index contributed by atoms with van der Waals surface area (Å²) in [6, 6.07) is 7.88. The Hall–Kier alpha value is -1.51. The third-order valence-electron chi connectivity index (χ3n) is 2.09. The van der Waals surface area contributed by atoms with Gasteiger partial charge in [-0.3, -0.25) is 4.79 Å². The van der Waals surface area contributed by atoms with E-state index in [-0.39, 0.29) is 0 Å². The fourth-order valence-electron chi connectivity index (χ4n) is 1.15. The van der Waals surface area contributed by atoms with Crippen molar-refractivity contribution in [3.05, 3.63) is 29.8 Å². The number of carbonyl (C=O) groups is 1. The molecule has 76 valence electrons. The highest BCUT2D eigenvalue weighted by molar-refractivity contribution is 5.46. The molecule has 0 aliphatic carbocycles. The number of amides is 1. The first-order valence-electron chi connectivity index (χ1n) is 4.54. The lowest BCUT2D eigenvalue weighted by Gasteiger charge is -2.10. The van der Waals surface area contributed by atoms with Gasteiger partial charge in [0.1, 0.15) is 5.75 Å². The minimum absolute atomic E-state index is 0.746. The minimum atomic E-state index is 0.746. The van der Waals surface area contributed by atoms with Gasteiger partial charge in [0.15, 0.2) is 0 Å².